The van der Waals surface area contributed by atoms with Gasteiger partial charge < -0.3 is 9.73 Å². The van der Waals surface area contributed by atoms with Gasteiger partial charge in [-0.25, -0.2) is 4.98 Å². The molecule has 0 aliphatic rings. The van der Waals surface area contributed by atoms with Crippen LogP contribution in [-0.4, -0.2) is 18.6 Å². The number of oxazole rings is 1. The van der Waals surface area contributed by atoms with Gasteiger partial charge in [-0.05, 0) is 38.1 Å². The van der Waals surface area contributed by atoms with E-state index in [2.05, 4.69) is 41.5 Å². The Labute approximate surface area is 108 Å². The molecule has 3 nitrogen and oxygen atoms in total. The maximum Gasteiger partial charge on any atom is 0.198 e. The monoisotopic (exact) mass is 244 g/mol. The van der Waals surface area contributed by atoms with Crippen molar-refractivity contribution >= 4 is 0 Å². The van der Waals surface area contributed by atoms with Crippen LogP contribution in [0.2, 0.25) is 0 Å². The number of rotatable bonds is 6. The molecule has 18 heavy (non-hydrogen) atoms. The Morgan fingerprint density at radius 3 is 2.89 bits per heavy atom. The highest BCUT2D eigenvalue weighted by molar-refractivity contribution is 5.27. The highest BCUT2D eigenvalue weighted by Crippen LogP contribution is 2.14. The van der Waals surface area contributed by atoms with Gasteiger partial charge in [0.25, 0.3) is 0 Å². The molecule has 1 N–H and O–H groups in total. The Balaban J connectivity index is 1.96. The van der Waals surface area contributed by atoms with Crippen LogP contribution >= 0.6 is 0 Å². The van der Waals surface area contributed by atoms with Crippen LogP contribution in [0.25, 0.3) is 0 Å². The lowest BCUT2D eigenvalue weighted by atomic mass is 10.1. The Kier molecular flexibility index (Phi) is 4.53. The molecule has 2 rings (SSSR count). The summed E-state index contributed by atoms with van der Waals surface area (Å²) >= 11 is 0. The largest absolute Gasteiger partial charge is 0.445 e. The number of hydrogen-bond acceptors (Lipinski definition) is 3. The summed E-state index contributed by atoms with van der Waals surface area (Å²) in [5.41, 5.74) is 2.56. The van der Waals surface area contributed by atoms with Crippen molar-refractivity contribution in [3.05, 3.63) is 53.2 Å². The van der Waals surface area contributed by atoms with Crippen LogP contribution in [0.1, 0.15) is 29.2 Å². The molecular weight excluding hydrogens is 224 g/mol. The van der Waals surface area contributed by atoms with E-state index in [4.69, 9.17) is 4.42 Å². The van der Waals surface area contributed by atoms with Crippen molar-refractivity contribution < 1.29 is 4.42 Å². The van der Waals surface area contributed by atoms with Crippen LogP contribution in [0.15, 0.2) is 34.9 Å². The SMILES string of the molecule is CNCCCc1cnc(Cc2ccccc2C)o1. The van der Waals surface area contributed by atoms with Crippen LogP contribution in [0, 0.1) is 6.92 Å². The molecule has 96 valence electrons. The second kappa shape index (κ2) is 6.36. The van der Waals surface area contributed by atoms with E-state index in [0.29, 0.717) is 0 Å². The maximum absolute atomic E-state index is 5.75. The first kappa shape index (κ1) is 12.8. The molecule has 0 spiro atoms. The van der Waals surface area contributed by atoms with E-state index in [1.54, 1.807) is 0 Å². The molecule has 0 saturated carbocycles. The van der Waals surface area contributed by atoms with Gasteiger partial charge in [-0.2, -0.15) is 0 Å². The van der Waals surface area contributed by atoms with Crippen molar-refractivity contribution in [3.8, 4) is 0 Å². The van der Waals surface area contributed by atoms with Crippen molar-refractivity contribution in [2.75, 3.05) is 13.6 Å². The zero-order valence-electron chi connectivity index (χ0n) is 11.1. The molecule has 1 heterocycles. The van der Waals surface area contributed by atoms with Gasteiger partial charge in [0, 0.05) is 12.8 Å². The fraction of sp³-hybridized carbons (Fsp3) is 0.400. The molecule has 2 aromatic rings. The minimum absolute atomic E-state index is 0.776. The molecular formula is C15H20N2O. The zero-order valence-corrected chi connectivity index (χ0v) is 11.1. The number of aromatic nitrogens is 1. The summed E-state index contributed by atoms with van der Waals surface area (Å²) in [6.45, 7) is 3.12. The minimum Gasteiger partial charge on any atom is -0.445 e. The molecule has 0 aliphatic heterocycles. The zero-order chi connectivity index (χ0) is 12.8. The lowest BCUT2D eigenvalue weighted by Gasteiger charge is -2.01. The number of aryl methyl sites for hydroxylation is 2. The molecule has 1 aromatic heterocycles. The molecule has 0 radical (unpaired) electrons. The number of benzene rings is 1. The van der Waals surface area contributed by atoms with E-state index < -0.39 is 0 Å². The molecule has 0 atom stereocenters. The average Bonchev–Trinajstić information content (AvgIpc) is 2.80. The molecule has 0 saturated heterocycles. The van der Waals surface area contributed by atoms with E-state index in [9.17, 15) is 0 Å². The summed E-state index contributed by atoms with van der Waals surface area (Å²) in [5, 5.41) is 3.13. The molecule has 3 heteroatoms. The van der Waals surface area contributed by atoms with Gasteiger partial charge in [0.15, 0.2) is 5.89 Å². The van der Waals surface area contributed by atoms with Crippen molar-refractivity contribution in [3.63, 3.8) is 0 Å². The van der Waals surface area contributed by atoms with Gasteiger partial charge in [-0.1, -0.05) is 24.3 Å². The van der Waals surface area contributed by atoms with Crippen molar-refractivity contribution in [1.82, 2.24) is 10.3 Å². The first-order chi connectivity index (χ1) is 8.79. The van der Waals surface area contributed by atoms with Crippen LogP contribution in [0.3, 0.4) is 0 Å². The average molecular weight is 244 g/mol. The highest BCUT2D eigenvalue weighted by atomic mass is 16.4. The Bertz CT molecular complexity index is 491. The van der Waals surface area contributed by atoms with Gasteiger partial charge in [0.05, 0.1) is 6.20 Å². The summed E-state index contributed by atoms with van der Waals surface area (Å²) in [5.74, 6) is 1.79. The van der Waals surface area contributed by atoms with E-state index in [1.165, 1.54) is 11.1 Å². The lowest BCUT2D eigenvalue weighted by molar-refractivity contribution is 0.457. The Morgan fingerprint density at radius 2 is 2.11 bits per heavy atom. The highest BCUT2D eigenvalue weighted by Gasteiger charge is 2.06. The molecule has 0 aliphatic carbocycles. The van der Waals surface area contributed by atoms with Crippen LogP contribution in [0.4, 0.5) is 0 Å². The third-order valence-electron chi connectivity index (χ3n) is 3.05. The smallest absolute Gasteiger partial charge is 0.198 e. The molecule has 0 amide bonds. The summed E-state index contributed by atoms with van der Waals surface area (Å²) in [6.07, 6.45) is 4.65. The molecule has 1 aromatic carbocycles. The van der Waals surface area contributed by atoms with Crippen LogP contribution < -0.4 is 5.32 Å². The number of nitrogens with one attached hydrogen (secondary N) is 1. The normalized spacial score (nSPS) is 10.8. The predicted molar refractivity (Wildman–Crippen MR) is 72.7 cm³/mol. The van der Waals surface area contributed by atoms with Gasteiger partial charge in [-0.15, -0.1) is 0 Å². The number of hydrogen-bond donors (Lipinski definition) is 1. The second-order valence-electron chi connectivity index (χ2n) is 4.53. The maximum atomic E-state index is 5.75. The number of nitrogens with zero attached hydrogens (tertiary/aromatic N) is 1. The summed E-state index contributed by atoms with van der Waals surface area (Å²) < 4.78 is 5.75. The molecule has 0 fully saturated rings. The lowest BCUT2D eigenvalue weighted by Crippen LogP contribution is -2.08. The molecule has 0 bridgehead atoms. The fourth-order valence-electron chi connectivity index (χ4n) is 1.96. The Hall–Kier alpha value is -1.61. The summed E-state index contributed by atoms with van der Waals surface area (Å²) in [4.78, 5) is 4.34. The predicted octanol–water partition coefficient (Wildman–Crippen LogP) is 2.73. The van der Waals surface area contributed by atoms with Gasteiger partial charge in [-0.3, -0.25) is 0 Å². The minimum atomic E-state index is 0.776. The first-order valence-electron chi connectivity index (χ1n) is 6.42. The first-order valence-corrected chi connectivity index (χ1v) is 6.42. The van der Waals surface area contributed by atoms with Crippen LogP contribution in [0.5, 0.6) is 0 Å². The standard InChI is InChI=1S/C15H20N2O/c1-12-6-3-4-7-13(12)10-15-17-11-14(18-15)8-5-9-16-2/h3-4,6-7,11,16H,5,8-10H2,1-2H3. The van der Waals surface area contributed by atoms with Gasteiger partial charge in [0.1, 0.15) is 5.76 Å². The van der Waals surface area contributed by atoms with E-state index >= 15 is 0 Å². The summed E-state index contributed by atoms with van der Waals surface area (Å²) in [6, 6.07) is 8.35. The fourth-order valence-corrected chi connectivity index (χ4v) is 1.96. The second-order valence-corrected chi connectivity index (χ2v) is 4.53. The van der Waals surface area contributed by atoms with E-state index in [0.717, 1.165) is 37.5 Å². The summed E-state index contributed by atoms with van der Waals surface area (Å²) in [7, 11) is 1.96. The van der Waals surface area contributed by atoms with Crippen LogP contribution in [-0.2, 0) is 12.8 Å². The van der Waals surface area contributed by atoms with E-state index in [-0.39, 0.29) is 0 Å². The topological polar surface area (TPSA) is 38.1 Å². The van der Waals surface area contributed by atoms with Gasteiger partial charge >= 0.3 is 0 Å². The van der Waals surface area contributed by atoms with Crippen molar-refractivity contribution in [1.29, 1.82) is 0 Å². The van der Waals surface area contributed by atoms with Crippen molar-refractivity contribution in [2.24, 2.45) is 0 Å². The quantitative estimate of drug-likeness (QED) is 0.794. The Morgan fingerprint density at radius 1 is 1.28 bits per heavy atom. The molecule has 0 unspecified atom stereocenters. The third kappa shape index (κ3) is 3.44. The third-order valence-corrected chi connectivity index (χ3v) is 3.05. The van der Waals surface area contributed by atoms with Gasteiger partial charge in [0.2, 0.25) is 0 Å². The van der Waals surface area contributed by atoms with E-state index in [1.807, 2.05) is 13.2 Å². The van der Waals surface area contributed by atoms with Crippen molar-refractivity contribution in [2.45, 2.75) is 26.2 Å².